The van der Waals surface area contributed by atoms with Crippen molar-refractivity contribution in [3.8, 4) is 11.6 Å². The molecule has 0 saturated heterocycles. The van der Waals surface area contributed by atoms with Crippen LogP contribution in [0.5, 0.6) is 11.6 Å². The molecule has 4 aromatic rings. The van der Waals surface area contributed by atoms with Crippen molar-refractivity contribution in [3.63, 3.8) is 0 Å². The number of hydrogen-bond acceptors (Lipinski definition) is 6. The van der Waals surface area contributed by atoms with Gasteiger partial charge in [-0.05, 0) is 35.9 Å². The second-order valence-electron chi connectivity index (χ2n) is 5.51. The van der Waals surface area contributed by atoms with Crippen molar-refractivity contribution in [2.45, 2.75) is 6.54 Å². The van der Waals surface area contributed by atoms with Gasteiger partial charge in [0.1, 0.15) is 12.1 Å². The SMILES string of the molecule is Nc1ccc2nc(NCc3ccc(Oc4ccncn4)cc3)[nH]c2c1. The molecule has 124 valence electrons. The molecule has 0 atom stereocenters. The van der Waals surface area contributed by atoms with Crippen LogP contribution in [0.1, 0.15) is 5.56 Å². The molecule has 0 spiro atoms. The summed E-state index contributed by atoms with van der Waals surface area (Å²) in [5.41, 5.74) is 9.39. The lowest BCUT2D eigenvalue weighted by molar-refractivity contribution is 0.461. The third-order valence-corrected chi connectivity index (χ3v) is 3.67. The summed E-state index contributed by atoms with van der Waals surface area (Å²) in [4.78, 5) is 15.6. The highest BCUT2D eigenvalue weighted by atomic mass is 16.5. The van der Waals surface area contributed by atoms with Crippen LogP contribution in [0.15, 0.2) is 61.1 Å². The molecular formula is C18H16N6O. The molecule has 0 aliphatic rings. The fourth-order valence-corrected chi connectivity index (χ4v) is 2.43. The Balaban J connectivity index is 1.40. The first kappa shape index (κ1) is 14.9. The largest absolute Gasteiger partial charge is 0.439 e. The Labute approximate surface area is 143 Å². The lowest BCUT2D eigenvalue weighted by atomic mass is 10.2. The van der Waals surface area contributed by atoms with Crippen LogP contribution in [-0.4, -0.2) is 19.9 Å². The average Bonchev–Trinajstić information content (AvgIpc) is 3.04. The number of imidazole rings is 1. The zero-order chi connectivity index (χ0) is 17.1. The Hall–Kier alpha value is -3.61. The molecule has 0 bridgehead atoms. The molecule has 4 rings (SSSR count). The molecule has 0 aliphatic carbocycles. The molecule has 0 radical (unpaired) electrons. The quantitative estimate of drug-likeness (QED) is 0.485. The van der Waals surface area contributed by atoms with Gasteiger partial charge in [-0.2, -0.15) is 0 Å². The highest BCUT2D eigenvalue weighted by Gasteiger charge is 2.03. The van der Waals surface area contributed by atoms with E-state index in [2.05, 4.69) is 25.3 Å². The van der Waals surface area contributed by atoms with E-state index in [0.29, 0.717) is 24.1 Å². The fourth-order valence-electron chi connectivity index (χ4n) is 2.43. The van der Waals surface area contributed by atoms with Gasteiger partial charge in [0.25, 0.3) is 0 Å². The van der Waals surface area contributed by atoms with Crippen LogP contribution in [0, 0.1) is 0 Å². The summed E-state index contributed by atoms with van der Waals surface area (Å²) in [5, 5.41) is 3.27. The summed E-state index contributed by atoms with van der Waals surface area (Å²) in [6, 6.07) is 15.1. The van der Waals surface area contributed by atoms with Crippen molar-refractivity contribution < 1.29 is 4.74 Å². The summed E-state index contributed by atoms with van der Waals surface area (Å²) < 4.78 is 5.65. The molecule has 25 heavy (non-hydrogen) atoms. The third kappa shape index (κ3) is 3.50. The van der Waals surface area contributed by atoms with Crippen LogP contribution < -0.4 is 15.8 Å². The Morgan fingerprint density at radius 3 is 2.76 bits per heavy atom. The van der Waals surface area contributed by atoms with Crippen molar-refractivity contribution >= 4 is 22.7 Å². The maximum atomic E-state index is 5.78. The first-order valence-electron chi connectivity index (χ1n) is 7.78. The molecule has 0 aliphatic heterocycles. The summed E-state index contributed by atoms with van der Waals surface area (Å²) in [6.07, 6.45) is 3.09. The molecular weight excluding hydrogens is 316 g/mol. The summed E-state index contributed by atoms with van der Waals surface area (Å²) in [6.45, 7) is 0.642. The van der Waals surface area contributed by atoms with Gasteiger partial charge in [-0.1, -0.05) is 12.1 Å². The number of anilines is 2. The molecule has 2 heterocycles. The topological polar surface area (TPSA) is 102 Å². The Bertz CT molecular complexity index is 982. The second-order valence-corrected chi connectivity index (χ2v) is 5.51. The van der Waals surface area contributed by atoms with Crippen LogP contribution in [0.2, 0.25) is 0 Å². The molecule has 2 aromatic heterocycles. The van der Waals surface area contributed by atoms with E-state index in [-0.39, 0.29) is 0 Å². The maximum Gasteiger partial charge on any atom is 0.222 e. The first-order valence-corrected chi connectivity index (χ1v) is 7.78. The van der Waals surface area contributed by atoms with Gasteiger partial charge in [-0.15, -0.1) is 0 Å². The molecule has 4 N–H and O–H groups in total. The third-order valence-electron chi connectivity index (χ3n) is 3.67. The molecule has 7 heteroatoms. The first-order chi connectivity index (χ1) is 12.3. The Kier molecular flexibility index (Phi) is 3.88. The van der Waals surface area contributed by atoms with Gasteiger partial charge in [-0.3, -0.25) is 0 Å². The van der Waals surface area contributed by atoms with Gasteiger partial charge in [0.15, 0.2) is 0 Å². The predicted molar refractivity (Wildman–Crippen MR) is 96.4 cm³/mol. The van der Waals surface area contributed by atoms with E-state index in [1.54, 1.807) is 12.3 Å². The van der Waals surface area contributed by atoms with E-state index in [1.165, 1.54) is 6.33 Å². The normalized spacial score (nSPS) is 10.7. The smallest absolute Gasteiger partial charge is 0.222 e. The predicted octanol–water partition coefficient (Wildman–Crippen LogP) is 3.34. The maximum absolute atomic E-state index is 5.78. The summed E-state index contributed by atoms with van der Waals surface area (Å²) >= 11 is 0. The summed E-state index contributed by atoms with van der Waals surface area (Å²) in [7, 11) is 0. The van der Waals surface area contributed by atoms with Crippen molar-refractivity contribution in [2.75, 3.05) is 11.1 Å². The van der Waals surface area contributed by atoms with Crippen LogP contribution in [-0.2, 0) is 6.54 Å². The number of rotatable bonds is 5. The van der Waals surface area contributed by atoms with Crippen LogP contribution in [0.4, 0.5) is 11.6 Å². The van der Waals surface area contributed by atoms with Crippen molar-refractivity contribution in [3.05, 3.63) is 66.6 Å². The number of nitrogens with two attached hydrogens (primary N) is 1. The molecule has 7 nitrogen and oxygen atoms in total. The minimum atomic E-state index is 0.516. The number of ether oxygens (including phenoxy) is 1. The minimum absolute atomic E-state index is 0.516. The molecule has 0 unspecified atom stereocenters. The van der Waals surface area contributed by atoms with Gasteiger partial charge in [0, 0.05) is 24.5 Å². The standard InChI is InChI=1S/C18H16N6O/c19-13-3-6-15-16(9-13)24-18(23-15)21-10-12-1-4-14(5-2-12)25-17-7-8-20-11-22-17/h1-9,11H,10,19H2,(H2,21,23,24). The molecule has 0 fully saturated rings. The Morgan fingerprint density at radius 1 is 1.08 bits per heavy atom. The number of H-pyrrole nitrogens is 1. The highest BCUT2D eigenvalue weighted by Crippen LogP contribution is 2.20. The monoisotopic (exact) mass is 332 g/mol. The molecule has 0 saturated carbocycles. The van der Waals surface area contributed by atoms with Crippen LogP contribution in [0.3, 0.4) is 0 Å². The number of benzene rings is 2. The number of fused-ring (bicyclic) bond motifs is 1. The van der Waals surface area contributed by atoms with E-state index in [0.717, 1.165) is 22.3 Å². The second kappa shape index (κ2) is 6.48. The van der Waals surface area contributed by atoms with Crippen LogP contribution in [0.25, 0.3) is 11.0 Å². The highest BCUT2D eigenvalue weighted by molar-refractivity contribution is 5.80. The number of aromatic nitrogens is 4. The number of nitrogen functional groups attached to an aromatic ring is 1. The fraction of sp³-hybridized carbons (Fsp3) is 0.0556. The van der Waals surface area contributed by atoms with Gasteiger partial charge in [-0.25, -0.2) is 15.0 Å². The van der Waals surface area contributed by atoms with E-state index in [4.69, 9.17) is 10.5 Å². The van der Waals surface area contributed by atoms with Crippen molar-refractivity contribution in [2.24, 2.45) is 0 Å². The number of aromatic amines is 1. The zero-order valence-corrected chi connectivity index (χ0v) is 13.3. The van der Waals surface area contributed by atoms with Gasteiger partial charge in [0.2, 0.25) is 11.8 Å². The Morgan fingerprint density at radius 2 is 1.96 bits per heavy atom. The minimum Gasteiger partial charge on any atom is -0.439 e. The van der Waals surface area contributed by atoms with Crippen molar-refractivity contribution in [1.82, 2.24) is 19.9 Å². The lowest BCUT2D eigenvalue weighted by Crippen LogP contribution is -2.00. The van der Waals surface area contributed by atoms with E-state index < -0.39 is 0 Å². The van der Waals surface area contributed by atoms with E-state index >= 15 is 0 Å². The number of nitrogens with one attached hydrogen (secondary N) is 2. The van der Waals surface area contributed by atoms with Crippen LogP contribution >= 0.6 is 0 Å². The average molecular weight is 332 g/mol. The number of nitrogens with zero attached hydrogens (tertiary/aromatic N) is 3. The zero-order valence-electron chi connectivity index (χ0n) is 13.3. The van der Waals surface area contributed by atoms with Gasteiger partial charge < -0.3 is 20.8 Å². The van der Waals surface area contributed by atoms with E-state index in [1.807, 2.05) is 42.5 Å². The molecule has 0 amide bonds. The number of hydrogen-bond donors (Lipinski definition) is 3. The van der Waals surface area contributed by atoms with Crippen molar-refractivity contribution in [1.29, 1.82) is 0 Å². The van der Waals surface area contributed by atoms with Gasteiger partial charge in [0.05, 0.1) is 11.0 Å². The summed E-state index contributed by atoms with van der Waals surface area (Å²) in [5.74, 6) is 1.95. The van der Waals surface area contributed by atoms with Gasteiger partial charge >= 0.3 is 0 Å². The molecule has 2 aromatic carbocycles. The van der Waals surface area contributed by atoms with E-state index in [9.17, 15) is 0 Å². The lowest BCUT2D eigenvalue weighted by Gasteiger charge is -2.06.